The van der Waals surface area contributed by atoms with Gasteiger partial charge in [0.2, 0.25) is 17.8 Å². The fourth-order valence-corrected chi connectivity index (χ4v) is 4.92. The number of aromatic nitrogens is 3. The van der Waals surface area contributed by atoms with Crippen LogP contribution in [0.3, 0.4) is 0 Å². The standard InChI is InChI=1S/C18H38N6O3Si/c1-25-28(26-2,27-3)15-13-11-9-7-5-4-6-8-10-12-14-21-18-23-16(19)22-17(20)24-18/h4-15H2,1-3H3,(H5,19,20,21,22,23,24). The van der Waals surface area contributed by atoms with Crippen LogP contribution in [0.1, 0.15) is 64.2 Å². The number of nitrogens with one attached hydrogen (secondary N) is 1. The van der Waals surface area contributed by atoms with Gasteiger partial charge in [-0.2, -0.15) is 15.0 Å². The molecule has 0 aliphatic heterocycles. The van der Waals surface area contributed by atoms with Gasteiger partial charge in [-0.05, 0) is 12.8 Å². The van der Waals surface area contributed by atoms with Crippen molar-refractivity contribution in [3.63, 3.8) is 0 Å². The van der Waals surface area contributed by atoms with Crippen molar-refractivity contribution in [1.82, 2.24) is 15.0 Å². The third-order valence-corrected chi connectivity index (χ3v) is 7.63. The van der Waals surface area contributed by atoms with E-state index < -0.39 is 8.80 Å². The van der Waals surface area contributed by atoms with Gasteiger partial charge in [0.15, 0.2) is 0 Å². The topological polar surface area (TPSA) is 130 Å². The van der Waals surface area contributed by atoms with Gasteiger partial charge in [-0.3, -0.25) is 0 Å². The maximum Gasteiger partial charge on any atom is 0.500 e. The van der Waals surface area contributed by atoms with E-state index in [0.29, 0.717) is 5.95 Å². The van der Waals surface area contributed by atoms with Crippen LogP contribution in [0.15, 0.2) is 0 Å². The monoisotopic (exact) mass is 414 g/mol. The maximum atomic E-state index is 5.54. The second kappa shape index (κ2) is 14.5. The van der Waals surface area contributed by atoms with Crippen LogP contribution in [-0.4, -0.2) is 51.6 Å². The Morgan fingerprint density at radius 3 is 1.57 bits per heavy atom. The molecule has 28 heavy (non-hydrogen) atoms. The van der Waals surface area contributed by atoms with Gasteiger partial charge in [0.1, 0.15) is 0 Å². The summed E-state index contributed by atoms with van der Waals surface area (Å²) in [7, 11) is 2.65. The van der Waals surface area contributed by atoms with Crippen molar-refractivity contribution in [2.45, 2.75) is 70.3 Å². The summed E-state index contributed by atoms with van der Waals surface area (Å²) in [5, 5.41) is 3.13. The zero-order valence-corrected chi connectivity index (χ0v) is 18.7. The molecule has 1 aromatic rings. The van der Waals surface area contributed by atoms with Crippen LogP contribution in [-0.2, 0) is 13.3 Å². The molecule has 0 aliphatic carbocycles. The number of nitrogens with zero attached hydrogens (tertiary/aromatic N) is 3. The van der Waals surface area contributed by atoms with Gasteiger partial charge in [0.25, 0.3) is 0 Å². The van der Waals surface area contributed by atoms with Crippen molar-refractivity contribution < 1.29 is 13.3 Å². The number of rotatable bonds is 17. The summed E-state index contributed by atoms with van der Waals surface area (Å²) in [6.07, 6.45) is 12.3. The quantitative estimate of drug-likeness (QED) is 0.260. The van der Waals surface area contributed by atoms with Gasteiger partial charge in [-0.15, -0.1) is 0 Å². The van der Waals surface area contributed by atoms with Gasteiger partial charge in [-0.1, -0.05) is 51.4 Å². The molecule has 0 amide bonds. The molecule has 0 fully saturated rings. The summed E-state index contributed by atoms with van der Waals surface area (Å²) in [5.41, 5.74) is 11.1. The fraction of sp³-hybridized carbons (Fsp3) is 0.833. The lowest BCUT2D eigenvalue weighted by Gasteiger charge is -2.24. The number of hydrogen-bond acceptors (Lipinski definition) is 9. The fourth-order valence-electron chi connectivity index (χ4n) is 3.13. The summed E-state index contributed by atoms with van der Waals surface area (Å²) < 4.78 is 16.3. The summed E-state index contributed by atoms with van der Waals surface area (Å²) in [6.45, 7) is 0.818. The molecule has 9 nitrogen and oxygen atoms in total. The molecular formula is C18H38N6O3Si. The highest BCUT2D eigenvalue weighted by Gasteiger charge is 2.36. The number of hydrogen-bond donors (Lipinski definition) is 3. The van der Waals surface area contributed by atoms with Crippen LogP contribution in [0.2, 0.25) is 6.04 Å². The number of nitrogens with two attached hydrogens (primary N) is 2. The minimum absolute atomic E-state index is 0.146. The zero-order chi connectivity index (χ0) is 20.7. The maximum absolute atomic E-state index is 5.54. The van der Waals surface area contributed by atoms with Crippen LogP contribution in [0.25, 0.3) is 0 Å². The van der Waals surface area contributed by atoms with Crippen molar-refractivity contribution in [2.24, 2.45) is 0 Å². The van der Waals surface area contributed by atoms with Gasteiger partial charge < -0.3 is 30.1 Å². The number of anilines is 3. The SMILES string of the molecule is CO[Si](CCCCCCCCCCCCNc1nc(N)nc(N)n1)(OC)OC. The van der Waals surface area contributed by atoms with Gasteiger partial charge in [0, 0.05) is 33.9 Å². The summed E-state index contributed by atoms with van der Waals surface area (Å²) in [5.74, 6) is 0.742. The van der Waals surface area contributed by atoms with Crippen molar-refractivity contribution in [2.75, 3.05) is 44.7 Å². The van der Waals surface area contributed by atoms with Gasteiger partial charge in [0.05, 0.1) is 0 Å². The molecule has 10 heteroatoms. The third-order valence-electron chi connectivity index (χ3n) is 4.80. The van der Waals surface area contributed by atoms with E-state index in [-0.39, 0.29) is 11.9 Å². The van der Waals surface area contributed by atoms with Crippen molar-refractivity contribution in [3.8, 4) is 0 Å². The molecular weight excluding hydrogens is 376 g/mol. The van der Waals surface area contributed by atoms with Crippen LogP contribution in [0, 0.1) is 0 Å². The molecule has 162 valence electrons. The molecule has 1 aromatic heterocycles. The normalized spacial score (nSPS) is 11.7. The highest BCUT2D eigenvalue weighted by atomic mass is 28.4. The second-order valence-corrected chi connectivity index (χ2v) is 9.97. The minimum Gasteiger partial charge on any atom is -0.377 e. The Balaban J connectivity index is 1.90. The van der Waals surface area contributed by atoms with Crippen molar-refractivity contribution in [1.29, 1.82) is 0 Å². The predicted molar refractivity (Wildman–Crippen MR) is 115 cm³/mol. The summed E-state index contributed by atoms with van der Waals surface area (Å²) >= 11 is 0. The molecule has 0 saturated heterocycles. The zero-order valence-electron chi connectivity index (χ0n) is 17.7. The minimum atomic E-state index is -2.37. The lowest BCUT2D eigenvalue weighted by Crippen LogP contribution is -2.42. The lowest BCUT2D eigenvalue weighted by atomic mass is 10.1. The average molecular weight is 415 g/mol. The van der Waals surface area contributed by atoms with E-state index in [1.807, 2.05) is 0 Å². The Labute approximate surface area is 170 Å². The Morgan fingerprint density at radius 1 is 0.679 bits per heavy atom. The Bertz CT molecular complexity index is 506. The van der Waals surface area contributed by atoms with E-state index in [1.165, 1.54) is 51.4 Å². The lowest BCUT2D eigenvalue weighted by molar-refractivity contribution is 0.122. The van der Waals surface area contributed by atoms with E-state index >= 15 is 0 Å². The molecule has 0 aliphatic rings. The Hall–Kier alpha value is -1.49. The van der Waals surface area contributed by atoms with Crippen molar-refractivity contribution in [3.05, 3.63) is 0 Å². The first-order valence-electron chi connectivity index (χ1n) is 10.2. The predicted octanol–water partition coefficient (Wildman–Crippen LogP) is 3.23. The number of nitrogen functional groups attached to an aromatic ring is 2. The van der Waals surface area contributed by atoms with E-state index in [9.17, 15) is 0 Å². The van der Waals surface area contributed by atoms with E-state index in [2.05, 4.69) is 20.3 Å². The van der Waals surface area contributed by atoms with E-state index in [1.54, 1.807) is 21.3 Å². The molecule has 1 heterocycles. The smallest absolute Gasteiger partial charge is 0.377 e. The van der Waals surface area contributed by atoms with Crippen LogP contribution in [0.5, 0.6) is 0 Å². The molecule has 0 saturated carbocycles. The van der Waals surface area contributed by atoms with Crippen LogP contribution >= 0.6 is 0 Å². The molecule has 0 bridgehead atoms. The Kier molecular flexibility index (Phi) is 12.7. The van der Waals surface area contributed by atoms with Crippen LogP contribution < -0.4 is 16.8 Å². The highest BCUT2D eigenvalue weighted by Crippen LogP contribution is 2.18. The third kappa shape index (κ3) is 10.2. The second-order valence-electron chi connectivity index (χ2n) is 6.88. The summed E-state index contributed by atoms with van der Waals surface area (Å²) in [6, 6.07) is 0.897. The first kappa shape index (κ1) is 24.5. The van der Waals surface area contributed by atoms with E-state index in [4.69, 9.17) is 24.7 Å². The molecule has 1 rings (SSSR count). The van der Waals surface area contributed by atoms with Crippen LogP contribution in [0.4, 0.5) is 17.8 Å². The number of unbranched alkanes of at least 4 members (excludes halogenated alkanes) is 9. The van der Waals surface area contributed by atoms with Gasteiger partial charge in [-0.25, -0.2) is 0 Å². The molecule has 0 unspecified atom stereocenters. The Morgan fingerprint density at radius 2 is 1.11 bits per heavy atom. The average Bonchev–Trinajstić information content (AvgIpc) is 2.68. The summed E-state index contributed by atoms with van der Waals surface area (Å²) in [4.78, 5) is 11.7. The highest BCUT2D eigenvalue weighted by molar-refractivity contribution is 6.60. The first-order valence-corrected chi connectivity index (χ1v) is 12.1. The first-order chi connectivity index (χ1) is 13.5. The van der Waals surface area contributed by atoms with E-state index in [0.717, 1.165) is 25.4 Å². The largest absolute Gasteiger partial charge is 0.500 e. The molecule has 0 spiro atoms. The molecule has 0 radical (unpaired) electrons. The van der Waals surface area contributed by atoms with Crippen molar-refractivity contribution >= 4 is 26.6 Å². The van der Waals surface area contributed by atoms with Gasteiger partial charge >= 0.3 is 8.80 Å². The molecule has 5 N–H and O–H groups in total. The molecule has 0 aromatic carbocycles. The molecule has 0 atom stereocenters.